The lowest BCUT2D eigenvalue weighted by Gasteiger charge is -2.17. The number of hydrogen-bond acceptors (Lipinski definition) is 2. The second-order valence-electron chi connectivity index (χ2n) is 5.50. The fraction of sp³-hybridized carbons (Fsp3) is 0.176. The molecule has 0 radical (unpaired) electrons. The third-order valence-corrected chi connectivity index (χ3v) is 5.19. The van der Waals surface area contributed by atoms with E-state index in [1.165, 1.54) is 0 Å². The Kier molecular flexibility index (Phi) is 5.27. The van der Waals surface area contributed by atoms with Crippen molar-refractivity contribution in [3.8, 4) is 0 Å². The summed E-state index contributed by atoms with van der Waals surface area (Å²) in [5.41, 5.74) is 1.39. The summed E-state index contributed by atoms with van der Waals surface area (Å²) < 4.78 is 1.69. The Morgan fingerprint density at radius 3 is 2.71 bits per heavy atom. The molecule has 24 heavy (non-hydrogen) atoms. The van der Waals surface area contributed by atoms with Gasteiger partial charge >= 0.3 is 0 Å². The normalized spacial score (nSPS) is 17.2. The lowest BCUT2D eigenvalue weighted by Crippen LogP contribution is -2.28. The molecule has 124 valence electrons. The summed E-state index contributed by atoms with van der Waals surface area (Å²) in [5.74, 6) is -0.643. The van der Waals surface area contributed by atoms with Crippen LogP contribution in [0.3, 0.4) is 0 Å². The van der Waals surface area contributed by atoms with Crippen LogP contribution < -0.4 is 10.2 Å². The smallest absolute Gasteiger partial charge is 0.229 e. The molecule has 1 heterocycles. The van der Waals surface area contributed by atoms with E-state index in [1.807, 2.05) is 18.2 Å². The predicted octanol–water partition coefficient (Wildman–Crippen LogP) is 4.86. The van der Waals surface area contributed by atoms with Crippen LogP contribution in [0, 0.1) is 5.92 Å². The zero-order chi connectivity index (χ0) is 17.3. The van der Waals surface area contributed by atoms with E-state index in [9.17, 15) is 9.59 Å². The zero-order valence-corrected chi connectivity index (χ0v) is 16.4. The Hall–Kier alpha value is -1.37. The number of carbonyl (C=O) groups is 2. The summed E-state index contributed by atoms with van der Waals surface area (Å²) in [7, 11) is 0. The van der Waals surface area contributed by atoms with Gasteiger partial charge in [0.25, 0.3) is 0 Å². The van der Waals surface area contributed by atoms with Crippen molar-refractivity contribution in [2.45, 2.75) is 6.42 Å². The van der Waals surface area contributed by atoms with E-state index in [4.69, 9.17) is 11.6 Å². The van der Waals surface area contributed by atoms with E-state index < -0.39 is 5.92 Å². The standard InChI is InChI=1S/C17H13Br2ClN2O2/c18-11-4-5-15(14(19)7-11)21-17(24)10-6-16(23)22(9-10)13-3-1-2-12(20)8-13/h1-5,7-8,10H,6,9H2,(H,21,24)/t10-/m0/s1. The minimum atomic E-state index is -0.396. The maximum Gasteiger partial charge on any atom is 0.229 e. The number of nitrogens with zero attached hydrogens (tertiary/aromatic N) is 1. The summed E-state index contributed by atoms with van der Waals surface area (Å²) in [6.07, 6.45) is 0.187. The molecule has 1 aliphatic rings. The lowest BCUT2D eigenvalue weighted by molar-refractivity contribution is -0.122. The van der Waals surface area contributed by atoms with Crippen LogP contribution in [-0.2, 0) is 9.59 Å². The van der Waals surface area contributed by atoms with Gasteiger partial charge in [0.15, 0.2) is 0 Å². The third-order valence-electron chi connectivity index (χ3n) is 3.80. The van der Waals surface area contributed by atoms with Crippen LogP contribution in [0.4, 0.5) is 11.4 Å². The van der Waals surface area contributed by atoms with Gasteiger partial charge in [-0.25, -0.2) is 0 Å². The number of rotatable bonds is 3. The summed E-state index contributed by atoms with van der Waals surface area (Å²) in [6, 6.07) is 12.6. The van der Waals surface area contributed by atoms with Gasteiger partial charge in [0.2, 0.25) is 11.8 Å². The van der Waals surface area contributed by atoms with Gasteiger partial charge in [-0.1, -0.05) is 33.6 Å². The molecule has 0 aromatic heterocycles. The van der Waals surface area contributed by atoms with Gasteiger partial charge < -0.3 is 10.2 Å². The van der Waals surface area contributed by atoms with Crippen molar-refractivity contribution in [3.05, 3.63) is 56.4 Å². The van der Waals surface area contributed by atoms with Crippen LogP contribution in [0.15, 0.2) is 51.4 Å². The first-order valence-corrected chi connectivity index (χ1v) is 9.22. The van der Waals surface area contributed by atoms with Crippen LogP contribution in [0.2, 0.25) is 5.02 Å². The molecule has 0 aliphatic carbocycles. The molecule has 2 amide bonds. The maximum absolute atomic E-state index is 12.5. The Balaban J connectivity index is 1.72. The van der Waals surface area contributed by atoms with E-state index in [-0.39, 0.29) is 18.2 Å². The molecule has 2 aromatic rings. The molecule has 1 saturated heterocycles. The molecule has 0 spiro atoms. The molecule has 1 fully saturated rings. The third kappa shape index (κ3) is 3.82. The van der Waals surface area contributed by atoms with E-state index in [2.05, 4.69) is 37.2 Å². The molecular weight excluding hydrogens is 459 g/mol. The zero-order valence-electron chi connectivity index (χ0n) is 12.4. The summed E-state index contributed by atoms with van der Waals surface area (Å²) >= 11 is 12.8. The number of nitrogens with one attached hydrogen (secondary N) is 1. The van der Waals surface area contributed by atoms with Gasteiger partial charge in [-0.3, -0.25) is 9.59 Å². The molecule has 2 aromatic carbocycles. The summed E-state index contributed by atoms with van der Waals surface area (Å²) in [5, 5.41) is 3.43. The molecule has 3 rings (SSSR count). The van der Waals surface area contributed by atoms with E-state index >= 15 is 0 Å². The molecule has 4 nitrogen and oxygen atoms in total. The molecule has 1 aliphatic heterocycles. The van der Waals surface area contributed by atoms with Crippen molar-refractivity contribution >= 4 is 66.6 Å². The van der Waals surface area contributed by atoms with Gasteiger partial charge in [-0.2, -0.15) is 0 Å². The first-order chi connectivity index (χ1) is 11.4. The monoisotopic (exact) mass is 470 g/mol. The average Bonchev–Trinajstić information content (AvgIpc) is 2.92. The predicted molar refractivity (Wildman–Crippen MR) is 102 cm³/mol. The van der Waals surface area contributed by atoms with E-state index in [0.717, 1.165) is 8.95 Å². The van der Waals surface area contributed by atoms with Crippen LogP contribution in [0.1, 0.15) is 6.42 Å². The van der Waals surface area contributed by atoms with Crippen molar-refractivity contribution in [1.82, 2.24) is 0 Å². The van der Waals surface area contributed by atoms with Gasteiger partial charge in [0.1, 0.15) is 0 Å². The number of anilines is 2. The summed E-state index contributed by atoms with van der Waals surface area (Å²) in [6.45, 7) is 0.346. The Morgan fingerprint density at radius 1 is 1.21 bits per heavy atom. The van der Waals surface area contributed by atoms with Crippen LogP contribution in [0.25, 0.3) is 0 Å². The average molecular weight is 473 g/mol. The van der Waals surface area contributed by atoms with Gasteiger partial charge in [0, 0.05) is 32.6 Å². The van der Waals surface area contributed by atoms with Crippen LogP contribution in [0.5, 0.6) is 0 Å². The highest BCUT2D eigenvalue weighted by molar-refractivity contribution is 9.11. The minimum Gasteiger partial charge on any atom is -0.325 e. The van der Waals surface area contributed by atoms with Gasteiger partial charge in [-0.05, 0) is 52.3 Å². The first-order valence-electron chi connectivity index (χ1n) is 7.26. The van der Waals surface area contributed by atoms with Gasteiger partial charge in [-0.15, -0.1) is 0 Å². The van der Waals surface area contributed by atoms with Gasteiger partial charge in [0.05, 0.1) is 11.6 Å². The molecule has 0 saturated carbocycles. The highest BCUT2D eigenvalue weighted by atomic mass is 79.9. The number of hydrogen-bond donors (Lipinski definition) is 1. The summed E-state index contributed by atoms with van der Waals surface area (Å²) in [4.78, 5) is 26.3. The molecule has 7 heteroatoms. The molecule has 0 bridgehead atoms. The van der Waals surface area contributed by atoms with Crippen molar-refractivity contribution in [2.24, 2.45) is 5.92 Å². The van der Waals surface area contributed by atoms with E-state index in [0.29, 0.717) is 22.9 Å². The van der Waals surface area contributed by atoms with Crippen molar-refractivity contribution in [2.75, 3.05) is 16.8 Å². The topological polar surface area (TPSA) is 49.4 Å². The van der Waals surface area contributed by atoms with Crippen LogP contribution in [-0.4, -0.2) is 18.4 Å². The second kappa shape index (κ2) is 7.25. The first kappa shape index (κ1) is 17.5. The van der Waals surface area contributed by atoms with Crippen molar-refractivity contribution in [1.29, 1.82) is 0 Å². The quantitative estimate of drug-likeness (QED) is 0.694. The fourth-order valence-electron chi connectivity index (χ4n) is 2.60. The Labute approximate surface area is 161 Å². The molecular formula is C17H13Br2ClN2O2. The van der Waals surface area contributed by atoms with Crippen molar-refractivity contribution in [3.63, 3.8) is 0 Å². The maximum atomic E-state index is 12.5. The number of benzene rings is 2. The number of carbonyl (C=O) groups excluding carboxylic acids is 2. The minimum absolute atomic E-state index is 0.0766. The molecule has 1 N–H and O–H groups in total. The highest BCUT2D eigenvalue weighted by Crippen LogP contribution is 2.30. The molecule has 0 unspecified atom stereocenters. The second-order valence-corrected chi connectivity index (χ2v) is 7.71. The Morgan fingerprint density at radius 2 is 2.00 bits per heavy atom. The molecule has 1 atom stereocenters. The van der Waals surface area contributed by atoms with E-state index in [1.54, 1.807) is 29.2 Å². The Bertz CT molecular complexity index is 813. The SMILES string of the molecule is O=C(Nc1ccc(Br)cc1Br)[C@H]1CC(=O)N(c2cccc(Cl)c2)C1. The van der Waals surface area contributed by atoms with Crippen LogP contribution >= 0.6 is 43.5 Å². The van der Waals surface area contributed by atoms with Crippen molar-refractivity contribution < 1.29 is 9.59 Å². The largest absolute Gasteiger partial charge is 0.325 e. The lowest BCUT2D eigenvalue weighted by atomic mass is 10.1. The fourth-order valence-corrected chi connectivity index (χ4v) is 3.93. The number of halogens is 3. The highest BCUT2D eigenvalue weighted by Gasteiger charge is 2.35. The number of amides is 2.